The van der Waals surface area contributed by atoms with E-state index in [9.17, 15) is 4.39 Å². The Balaban J connectivity index is 0.000000196. The first-order valence-corrected chi connectivity index (χ1v) is 10.0. The van der Waals surface area contributed by atoms with E-state index >= 15 is 0 Å². The van der Waals surface area contributed by atoms with Crippen molar-refractivity contribution < 1.29 is 28.6 Å². The van der Waals surface area contributed by atoms with Crippen LogP contribution in [0.15, 0.2) is 109 Å². The molecule has 0 aliphatic rings. The van der Waals surface area contributed by atoms with E-state index < -0.39 is 12.7 Å². The van der Waals surface area contributed by atoms with Gasteiger partial charge in [-0.25, -0.2) is 4.39 Å². The Morgan fingerprint density at radius 1 is 0.758 bits per heavy atom. The number of benzene rings is 3. The van der Waals surface area contributed by atoms with Crippen LogP contribution < -0.4 is 0 Å². The summed E-state index contributed by atoms with van der Waals surface area (Å²) in [4.78, 5) is 8.40. The smallest absolute Gasteiger partial charge is 0.0405 e. The van der Waals surface area contributed by atoms with Gasteiger partial charge in [-0.05, 0) is 41.0 Å². The number of aryl methyl sites for hydroxylation is 1. The van der Waals surface area contributed by atoms with Gasteiger partial charge >= 0.3 is 0 Å². The Morgan fingerprint density at radius 2 is 1.58 bits per heavy atom. The van der Waals surface area contributed by atoms with Crippen molar-refractivity contribution in [2.24, 2.45) is 0 Å². The molecule has 0 fully saturated rings. The average Bonchev–Trinajstić information content (AvgIpc) is 2.90. The molecule has 165 valence electrons. The standard InChI is InChI=1S/C17H12N.C12H9FN.Ir/c1-3-7-14(8-4-1)16-11-12-18-17(13-16)15-9-5-2-6-10-15;1-9-5-6-12(14-8-9)10-3-2-4-11(13)7-10;/h1-9,11-13H;2-6,8H,1H3;/q2*-1;/i;1D3;. The molecule has 2 heterocycles. The van der Waals surface area contributed by atoms with Gasteiger partial charge in [-0.1, -0.05) is 48.5 Å². The summed E-state index contributed by atoms with van der Waals surface area (Å²) in [6, 6.07) is 35.6. The average molecular weight is 612 g/mol. The fourth-order valence-electron chi connectivity index (χ4n) is 3.08. The first-order chi connectivity index (χ1) is 16.9. The molecular weight excluding hydrogens is 588 g/mol. The van der Waals surface area contributed by atoms with Gasteiger partial charge in [0.25, 0.3) is 0 Å². The van der Waals surface area contributed by atoms with Crippen LogP contribution in [-0.4, -0.2) is 9.97 Å². The molecule has 0 aliphatic carbocycles. The zero-order chi connectivity index (χ0) is 24.7. The Morgan fingerprint density at radius 3 is 2.27 bits per heavy atom. The first kappa shape index (κ1) is 20.2. The van der Waals surface area contributed by atoms with Crippen LogP contribution in [0.1, 0.15) is 9.68 Å². The summed E-state index contributed by atoms with van der Waals surface area (Å²) in [6.07, 6.45) is 3.12. The summed E-state index contributed by atoms with van der Waals surface area (Å²) in [6.45, 7) is -2.17. The van der Waals surface area contributed by atoms with Gasteiger partial charge in [0.1, 0.15) is 0 Å². The maximum absolute atomic E-state index is 12.9. The Hall–Kier alpha value is -3.46. The summed E-state index contributed by atoms with van der Waals surface area (Å²) < 4.78 is 34.6. The van der Waals surface area contributed by atoms with E-state index in [4.69, 9.17) is 4.11 Å². The number of hydrogen-bond acceptors (Lipinski definition) is 2. The number of hydrogen-bond donors (Lipinski definition) is 0. The molecule has 0 saturated heterocycles. The zero-order valence-electron chi connectivity index (χ0n) is 20.5. The SMILES string of the molecule is [2H]C([2H])([2H])c1ccc(-c2[c-]c(F)ccc2)nc1.[Ir].[c-]1ccccc1-c1cc(-c2ccccc2)ccn1. The summed E-state index contributed by atoms with van der Waals surface area (Å²) in [5, 5.41) is 0. The van der Waals surface area contributed by atoms with Gasteiger partial charge in [0, 0.05) is 42.4 Å². The predicted octanol–water partition coefficient (Wildman–Crippen LogP) is 7.21. The van der Waals surface area contributed by atoms with E-state index in [0.717, 1.165) is 11.3 Å². The normalized spacial score (nSPS) is 11.6. The van der Waals surface area contributed by atoms with Crippen molar-refractivity contribution >= 4 is 0 Å². The number of nitrogens with zero attached hydrogens (tertiary/aromatic N) is 2. The summed E-state index contributed by atoms with van der Waals surface area (Å²) in [7, 11) is 0. The first-order valence-electron chi connectivity index (χ1n) is 11.5. The third-order valence-corrected chi connectivity index (χ3v) is 4.65. The van der Waals surface area contributed by atoms with Crippen molar-refractivity contribution in [3.8, 4) is 33.6 Å². The summed E-state index contributed by atoms with van der Waals surface area (Å²) >= 11 is 0. The van der Waals surface area contributed by atoms with Gasteiger partial charge in [-0.15, -0.1) is 65.7 Å². The molecule has 0 N–H and O–H groups in total. The minimum absolute atomic E-state index is 0. The van der Waals surface area contributed by atoms with Crippen molar-refractivity contribution in [3.63, 3.8) is 0 Å². The van der Waals surface area contributed by atoms with Crippen LogP contribution in [0, 0.1) is 24.8 Å². The zero-order valence-corrected chi connectivity index (χ0v) is 19.9. The van der Waals surface area contributed by atoms with E-state index in [2.05, 4.69) is 40.3 Å². The molecular formula is C29H21FIrN2-2. The van der Waals surface area contributed by atoms with E-state index in [1.807, 2.05) is 54.7 Å². The fourth-order valence-corrected chi connectivity index (χ4v) is 3.08. The Bertz CT molecular complexity index is 1320. The molecule has 3 aromatic carbocycles. The Labute approximate surface area is 211 Å². The fraction of sp³-hybridized carbons (Fsp3) is 0.0345. The van der Waals surface area contributed by atoms with Gasteiger partial charge in [-0.2, -0.15) is 0 Å². The molecule has 5 aromatic rings. The van der Waals surface area contributed by atoms with Gasteiger partial charge in [0.05, 0.1) is 0 Å². The molecule has 0 atom stereocenters. The number of rotatable bonds is 3. The van der Waals surface area contributed by atoms with E-state index in [0.29, 0.717) is 11.3 Å². The van der Waals surface area contributed by atoms with Gasteiger partial charge in [0.2, 0.25) is 0 Å². The Kier molecular flexibility index (Phi) is 7.31. The van der Waals surface area contributed by atoms with Crippen molar-refractivity contribution in [1.29, 1.82) is 0 Å². The van der Waals surface area contributed by atoms with Crippen LogP contribution >= 0.6 is 0 Å². The minimum atomic E-state index is -2.17. The van der Waals surface area contributed by atoms with Gasteiger partial charge < -0.3 is 9.97 Å². The molecule has 0 amide bonds. The molecule has 2 nitrogen and oxygen atoms in total. The minimum Gasteiger partial charge on any atom is -0.305 e. The van der Waals surface area contributed by atoms with Crippen LogP contribution in [0.3, 0.4) is 0 Å². The van der Waals surface area contributed by atoms with Crippen LogP contribution in [0.25, 0.3) is 33.6 Å². The van der Waals surface area contributed by atoms with Crippen LogP contribution in [0.5, 0.6) is 0 Å². The third kappa shape index (κ3) is 6.76. The second-order valence-electron chi connectivity index (χ2n) is 6.92. The van der Waals surface area contributed by atoms with E-state index in [1.54, 1.807) is 18.2 Å². The topological polar surface area (TPSA) is 25.8 Å². The number of pyridine rings is 2. The second-order valence-corrected chi connectivity index (χ2v) is 6.92. The maximum Gasteiger partial charge on any atom is 0.0405 e. The third-order valence-electron chi connectivity index (χ3n) is 4.65. The molecule has 2 aromatic heterocycles. The second kappa shape index (κ2) is 12.0. The van der Waals surface area contributed by atoms with E-state index in [-0.39, 0.29) is 25.7 Å². The molecule has 1 radical (unpaired) electrons. The largest absolute Gasteiger partial charge is 0.305 e. The van der Waals surface area contributed by atoms with Gasteiger partial charge in [-0.3, -0.25) is 0 Å². The van der Waals surface area contributed by atoms with Crippen molar-refractivity contribution in [2.45, 2.75) is 6.85 Å². The molecule has 33 heavy (non-hydrogen) atoms. The molecule has 0 spiro atoms. The molecule has 0 bridgehead atoms. The van der Waals surface area contributed by atoms with Crippen LogP contribution in [-0.2, 0) is 20.1 Å². The predicted molar refractivity (Wildman–Crippen MR) is 127 cm³/mol. The van der Waals surface area contributed by atoms with Crippen LogP contribution in [0.4, 0.5) is 4.39 Å². The van der Waals surface area contributed by atoms with E-state index in [1.165, 1.54) is 29.5 Å². The van der Waals surface area contributed by atoms with Crippen molar-refractivity contribution in [3.05, 3.63) is 133 Å². The molecule has 0 aliphatic heterocycles. The van der Waals surface area contributed by atoms with Crippen LogP contribution in [0.2, 0.25) is 0 Å². The van der Waals surface area contributed by atoms with Gasteiger partial charge in [0.15, 0.2) is 0 Å². The molecule has 0 unspecified atom stereocenters. The summed E-state index contributed by atoms with van der Waals surface area (Å²) in [5.74, 6) is -0.468. The molecule has 5 rings (SSSR count). The number of aromatic nitrogens is 2. The maximum atomic E-state index is 12.9. The number of halogens is 1. The van der Waals surface area contributed by atoms with Crippen molar-refractivity contribution in [2.75, 3.05) is 0 Å². The monoisotopic (exact) mass is 612 g/mol. The quantitative estimate of drug-likeness (QED) is 0.202. The molecule has 0 saturated carbocycles. The summed E-state index contributed by atoms with van der Waals surface area (Å²) in [5.41, 5.74) is 5.53. The molecule has 4 heteroatoms. The van der Waals surface area contributed by atoms with Crippen molar-refractivity contribution in [1.82, 2.24) is 9.97 Å².